The molecule has 9 rings (SSSR count). The van der Waals surface area contributed by atoms with Crippen LogP contribution in [-0.2, 0) is 29.0 Å². The molecule has 18 heteroatoms. The molecule has 57 heavy (non-hydrogen) atoms. The van der Waals surface area contributed by atoms with Crippen LogP contribution in [0.5, 0.6) is 23.5 Å². The van der Waals surface area contributed by atoms with Crippen LogP contribution >= 0.6 is 39.1 Å². The Bertz CT molecular complexity index is 2220. The lowest BCUT2D eigenvalue weighted by Gasteiger charge is -2.38. The molecule has 4 aliphatic rings. The van der Waals surface area contributed by atoms with E-state index < -0.39 is 11.6 Å². The summed E-state index contributed by atoms with van der Waals surface area (Å²) in [5, 5.41) is 9.14. The van der Waals surface area contributed by atoms with E-state index in [-0.39, 0.29) is 20.9 Å². The molecule has 0 N–H and O–H groups in total. The fourth-order valence-corrected chi connectivity index (χ4v) is 8.58. The van der Waals surface area contributed by atoms with E-state index in [0.29, 0.717) is 85.5 Å². The highest BCUT2D eigenvalue weighted by Gasteiger charge is 2.43. The Kier molecular flexibility index (Phi) is 11.4. The molecule has 1 aliphatic carbocycles. The summed E-state index contributed by atoms with van der Waals surface area (Å²) in [7, 11) is 0. The first kappa shape index (κ1) is 39.8. The van der Waals surface area contributed by atoms with Gasteiger partial charge in [-0.3, -0.25) is 0 Å². The molecule has 0 radical (unpaired) electrons. The van der Waals surface area contributed by atoms with E-state index in [1.54, 1.807) is 17.1 Å². The molecule has 2 aromatic carbocycles. The van der Waals surface area contributed by atoms with Crippen LogP contribution in [0.1, 0.15) is 38.2 Å². The Morgan fingerprint density at radius 2 is 1.33 bits per heavy atom. The molecule has 5 aromatic rings. The monoisotopic (exact) mass is 887 g/mol. The van der Waals surface area contributed by atoms with E-state index in [1.807, 2.05) is 11.6 Å². The molecule has 0 spiro atoms. The van der Waals surface area contributed by atoms with E-state index in [2.05, 4.69) is 60.8 Å². The first-order chi connectivity index (χ1) is 27.3. The van der Waals surface area contributed by atoms with Gasteiger partial charge in [0.1, 0.15) is 35.3 Å². The Balaban J connectivity index is 0.000000184. The first-order valence-corrected chi connectivity index (χ1v) is 20.3. The maximum atomic E-state index is 13.6. The number of benzene rings is 2. The van der Waals surface area contributed by atoms with E-state index in [9.17, 15) is 8.78 Å². The topological polar surface area (TPSA) is 127 Å². The SMILES string of the molecule is CC1(Cn2nc(Br)nc2Oc2ccc(F)c(Cl)c2)COC1.Cc1cc(N2C[C@H]3CC[C@@H](C2)C3Cc2nc(Oc3ccc(F)c(Cl)c3)n(CC3(C)COC3)n2)ncn1. The summed E-state index contributed by atoms with van der Waals surface area (Å²) in [4.78, 5) is 20.1. The van der Waals surface area contributed by atoms with Gasteiger partial charge in [-0.25, -0.2) is 28.1 Å². The van der Waals surface area contributed by atoms with E-state index >= 15 is 0 Å². The van der Waals surface area contributed by atoms with Gasteiger partial charge in [0.05, 0.1) is 49.6 Å². The molecular formula is C39H42BrCl2F2N9O4. The number of ether oxygens (including phenoxy) is 4. The lowest BCUT2D eigenvalue weighted by molar-refractivity contribution is -0.112. The van der Waals surface area contributed by atoms with Crippen molar-refractivity contribution in [3.8, 4) is 23.5 Å². The van der Waals surface area contributed by atoms with Crippen molar-refractivity contribution in [2.45, 2.75) is 53.1 Å². The molecule has 3 atom stereocenters. The smallest absolute Gasteiger partial charge is 0.321 e. The third-order valence-corrected chi connectivity index (χ3v) is 11.8. The summed E-state index contributed by atoms with van der Waals surface area (Å²) in [5.74, 6) is 3.33. The highest BCUT2D eigenvalue weighted by atomic mass is 79.9. The zero-order valence-electron chi connectivity index (χ0n) is 31.7. The van der Waals surface area contributed by atoms with Crippen LogP contribution in [0, 0.1) is 47.1 Å². The molecular weight excluding hydrogens is 847 g/mol. The molecule has 0 amide bonds. The minimum atomic E-state index is -0.495. The summed E-state index contributed by atoms with van der Waals surface area (Å²) >= 11 is 14.9. The van der Waals surface area contributed by atoms with Crippen LogP contribution in [0.2, 0.25) is 10.0 Å². The van der Waals surface area contributed by atoms with Crippen molar-refractivity contribution in [1.29, 1.82) is 0 Å². The molecule has 1 unspecified atom stereocenters. The van der Waals surface area contributed by atoms with Crippen LogP contribution in [0.3, 0.4) is 0 Å². The van der Waals surface area contributed by atoms with Gasteiger partial charge in [-0.15, -0.1) is 5.10 Å². The average molecular weight is 890 g/mol. The second-order valence-electron chi connectivity index (χ2n) is 16.1. The van der Waals surface area contributed by atoms with Crippen molar-refractivity contribution in [2.75, 3.05) is 44.4 Å². The van der Waals surface area contributed by atoms with Crippen LogP contribution in [0.25, 0.3) is 0 Å². The average Bonchev–Trinajstić information content (AvgIpc) is 3.75. The largest absolute Gasteiger partial charge is 0.424 e. The second kappa shape index (κ2) is 16.4. The van der Waals surface area contributed by atoms with Crippen LogP contribution < -0.4 is 14.4 Å². The number of hydrogen-bond donors (Lipinski definition) is 0. The van der Waals surface area contributed by atoms with Gasteiger partial charge in [0, 0.05) is 54.2 Å². The Labute approximate surface area is 347 Å². The van der Waals surface area contributed by atoms with Gasteiger partial charge < -0.3 is 23.8 Å². The van der Waals surface area contributed by atoms with Gasteiger partial charge in [0.15, 0.2) is 5.82 Å². The van der Waals surface area contributed by atoms with Gasteiger partial charge >= 0.3 is 12.0 Å². The van der Waals surface area contributed by atoms with Gasteiger partial charge in [0.2, 0.25) is 4.73 Å². The zero-order chi connectivity index (χ0) is 39.9. The van der Waals surface area contributed by atoms with Crippen LogP contribution in [-0.4, -0.2) is 79.0 Å². The fourth-order valence-electron chi connectivity index (χ4n) is 7.90. The second-order valence-corrected chi connectivity index (χ2v) is 17.7. The van der Waals surface area contributed by atoms with Gasteiger partial charge in [-0.05, 0) is 77.7 Å². The molecule has 3 aromatic heterocycles. The molecule has 6 heterocycles. The van der Waals surface area contributed by atoms with Crippen molar-refractivity contribution in [2.24, 2.45) is 28.6 Å². The van der Waals surface area contributed by atoms with Crippen molar-refractivity contribution in [3.05, 3.63) is 86.7 Å². The Hall–Kier alpha value is -3.96. The van der Waals surface area contributed by atoms with Gasteiger partial charge in [-0.1, -0.05) is 37.0 Å². The molecule has 3 aliphatic heterocycles. The number of nitrogens with zero attached hydrogens (tertiary/aromatic N) is 9. The normalized spacial score (nSPS) is 21.6. The maximum absolute atomic E-state index is 13.6. The summed E-state index contributed by atoms with van der Waals surface area (Å²) < 4.78 is 53.1. The molecule has 302 valence electrons. The van der Waals surface area contributed by atoms with Gasteiger partial charge in [-0.2, -0.15) is 15.1 Å². The minimum Gasteiger partial charge on any atom is -0.424 e. The zero-order valence-corrected chi connectivity index (χ0v) is 34.8. The molecule has 13 nitrogen and oxygen atoms in total. The van der Waals surface area contributed by atoms with Crippen LogP contribution in [0.4, 0.5) is 14.6 Å². The minimum absolute atomic E-state index is 0.00279. The lowest BCUT2D eigenvalue weighted by atomic mass is 9.82. The van der Waals surface area contributed by atoms with E-state index in [0.717, 1.165) is 36.8 Å². The Morgan fingerprint density at radius 3 is 1.84 bits per heavy atom. The predicted octanol–water partition coefficient (Wildman–Crippen LogP) is 8.36. The summed E-state index contributed by atoms with van der Waals surface area (Å²) in [6, 6.07) is 11.2. The highest BCUT2D eigenvalue weighted by molar-refractivity contribution is 9.10. The summed E-state index contributed by atoms with van der Waals surface area (Å²) in [5.41, 5.74) is 1.000. The molecule has 4 fully saturated rings. The van der Waals surface area contributed by atoms with Crippen molar-refractivity contribution >= 4 is 44.9 Å². The van der Waals surface area contributed by atoms with E-state index in [1.165, 1.54) is 43.2 Å². The number of halogens is 5. The number of fused-ring (bicyclic) bond motifs is 2. The van der Waals surface area contributed by atoms with Crippen molar-refractivity contribution < 1.29 is 27.7 Å². The van der Waals surface area contributed by atoms with Crippen molar-refractivity contribution in [1.82, 2.24) is 39.5 Å². The quantitative estimate of drug-likeness (QED) is 0.127. The lowest BCUT2D eigenvalue weighted by Crippen LogP contribution is -2.43. The van der Waals surface area contributed by atoms with Crippen molar-refractivity contribution in [3.63, 3.8) is 0 Å². The number of aryl methyl sites for hydroxylation is 1. The first-order valence-electron chi connectivity index (χ1n) is 18.8. The standard InChI is InChI=1S/C26H30ClFN6O2.C13H12BrClFN3O2/c1-16-7-24(30-15-29-16)33-10-17-3-4-18(11-33)20(17)9-23-31-25(34(32-23)12-26(2)13-35-14-26)36-19-5-6-22(28)21(27)8-19;1-13(6-20-7-13)5-19-12(17-11(14)18-19)21-8-2-3-10(16)9(15)4-8/h5-8,15,17-18,20H,3-4,9-14H2,1-2H3;2-4H,5-7H2,1H3/t17-,18+,20?;. The molecule has 3 saturated heterocycles. The number of hydrogen-bond acceptors (Lipinski definition) is 11. The number of rotatable bonds is 11. The number of aromatic nitrogens is 8. The number of anilines is 1. The van der Waals surface area contributed by atoms with Crippen LogP contribution in [0.15, 0.2) is 53.5 Å². The summed E-state index contributed by atoms with van der Waals surface area (Å²) in [6.45, 7) is 12.2. The molecule has 1 saturated carbocycles. The third-order valence-electron chi connectivity index (χ3n) is 10.9. The van der Waals surface area contributed by atoms with E-state index in [4.69, 9.17) is 52.2 Å². The summed E-state index contributed by atoms with van der Waals surface area (Å²) in [6.07, 6.45) is 4.89. The fraction of sp³-hybridized carbons (Fsp3) is 0.487. The highest BCUT2D eigenvalue weighted by Crippen LogP contribution is 2.44. The third kappa shape index (κ3) is 9.20. The number of piperidine rings is 1. The van der Waals surface area contributed by atoms with Gasteiger partial charge in [0.25, 0.3) is 0 Å². The predicted molar refractivity (Wildman–Crippen MR) is 211 cm³/mol. The maximum Gasteiger partial charge on any atom is 0.321 e. The molecule has 2 bridgehead atoms. The Morgan fingerprint density at radius 1 is 0.789 bits per heavy atom.